The topological polar surface area (TPSA) is 65.3 Å². The van der Waals surface area contributed by atoms with Crippen LogP contribution in [0.25, 0.3) is 0 Å². The van der Waals surface area contributed by atoms with Crippen LogP contribution in [-0.2, 0) is 6.18 Å². The fourth-order valence-corrected chi connectivity index (χ4v) is 0.992. The molecule has 0 spiro atoms. The third-order valence-electron chi connectivity index (χ3n) is 1.57. The average molecular weight is 222 g/mol. The molecule has 1 rings (SSSR count). The van der Waals surface area contributed by atoms with Gasteiger partial charge in [-0.15, -0.1) is 0 Å². The molecule has 1 aromatic heterocycles. The number of alkyl halides is 3. The smallest absolute Gasteiger partial charge is 0.420 e. The molecule has 5 nitrogen and oxygen atoms in total. The number of pyridine rings is 1. The maximum absolute atomic E-state index is 12.3. The van der Waals surface area contributed by atoms with E-state index in [0.29, 0.717) is 12.3 Å². The van der Waals surface area contributed by atoms with Crippen LogP contribution in [0.5, 0.6) is 5.75 Å². The highest BCUT2D eigenvalue weighted by molar-refractivity contribution is 5.47. The molecule has 0 atom stereocenters. The third-order valence-corrected chi connectivity index (χ3v) is 1.57. The van der Waals surface area contributed by atoms with Crippen LogP contribution < -0.4 is 4.74 Å². The lowest BCUT2D eigenvalue weighted by atomic mass is 10.2. The highest BCUT2D eigenvalue weighted by atomic mass is 19.4. The van der Waals surface area contributed by atoms with Crippen molar-refractivity contribution in [1.29, 1.82) is 0 Å². The van der Waals surface area contributed by atoms with Gasteiger partial charge in [-0.2, -0.15) is 13.2 Å². The third kappa shape index (κ3) is 2.14. The molecule has 0 amide bonds. The molecule has 82 valence electrons. The van der Waals surface area contributed by atoms with Gasteiger partial charge >= 0.3 is 12.0 Å². The van der Waals surface area contributed by atoms with Gasteiger partial charge in [0.05, 0.1) is 7.11 Å². The van der Waals surface area contributed by atoms with Crippen LogP contribution >= 0.6 is 0 Å². The Labute approximate surface area is 81.6 Å². The van der Waals surface area contributed by atoms with Gasteiger partial charge in [0.1, 0.15) is 11.8 Å². The number of rotatable bonds is 2. The summed E-state index contributed by atoms with van der Waals surface area (Å²) in [6.45, 7) is 0. The van der Waals surface area contributed by atoms with E-state index in [9.17, 15) is 23.3 Å². The quantitative estimate of drug-likeness (QED) is 0.567. The standard InChI is InChI=1S/C7H5F3N2O3/c1-15-5-4(7(8,9)10)2-3-11-6(5)12(13)14/h2-3H,1H3. The number of aromatic nitrogens is 1. The Morgan fingerprint density at radius 1 is 1.53 bits per heavy atom. The minimum absolute atomic E-state index is 0.617. The lowest BCUT2D eigenvalue weighted by Crippen LogP contribution is -2.09. The molecule has 0 N–H and O–H groups in total. The van der Waals surface area contributed by atoms with Crippen molar-refractivity contribution in [2.45, 2.75) is 6.18 Å². The van der Waals surface area contributed by atoms with E-state index in [0.717, 1.165) is 7.11 Å². The van der Waals surface area contributed by atoms with Gasteiger partial charge in [0.2, 0.25) is 5.75 Å². The Morgan fingerprint density at radius 3 is 2.53 bits per heavy atom. The van der Waals surface area contributed by atoms with Crippen LogP contribution in [-0.4, -0.2) is 17.0 Å². The van der Waals surface area contributed by atoms with Crippen LogP contribution in [0.15, 0.2) is 12.3 Å². The predicted molar refractivity (Wildman–Crippen MR) is 42.4 cm³/mol. The Hall–Kier alpha value is -1.86. The average Bonchev–Trinajstić information content (AvgIpc) is 2.15. The normalized spacial score (nSPS) is 11.2. The summed E-state index contributed by atoms with van der Waals surface area (Å²) in [5.74, 6) is -1.83. The molecule has 0 aliphatic heterocycles. The number of methoxy groups -OCH3 is 1. The summed E-state index contributed by atoms with van der Waals surface area (Å²) in [5.41, 5.74) is -1.22. The summed E-state index contributed by atoms with van der Waals surface area (Å²) in [6.07, 6.45) is -4.00. The van der Waals surface area contributed by atoms with Crippen molar-refractivity contribution < 1.29 is 22.8 Å². The largest absolute Gasteiger partial charge is 0.489 e. The van der Waals surface area contributed by atoms with Crippen LogP contribution in [0.1, 0.15) is 5.56 Å². The Balaban J connectivity index is 3.42. The lowest BCUT2D eigenvalue weighted by molar-refractivity contribution is -0.390. The van der Waals surface area contributed by atoms with Gasteiger partial charge in [0.15, 0.2) is 0 Å². The maximum Gasteiger partial charge on any atom is 0.420 e. The van der Waals surface area contributed by atoms with E-state index in [1.165, 1.54) is 0 Å². The zero-order chi connectivity index (χ0) is 11.6. The fourth-order valence-electron chi connectivity index (χ4n) is 0.992. The molecule has 0 saturated heterocycles. The Kier molecular flexibility index (Phi) is 2.78. The molecule has 0 radical (unpaired) electrons. The second-order valence-electron chi connectivity index (χ2n) is 2.47. The van der Waals surface area contributed by atoms with Gasteiger partial charge in [0.25, 0.3) is 0 Å². The summed E-state index contributed by atoms with van der Waals surface area (Å²) in [7, 11) is 0.916. The molecule has 8 heteroatoms. The number of nitro groups is 1. The molecule has 1 aromatic rings. The number of nitrogens with zero attached hydrogens (tertiary/aromatic N) is 2. The van der Waals surface area contributed by atoms with Crippen molar-refractivity contribution in [3.05, 3.63) is 27.9 Å². The van der Waals surface area contributed by atoms with Crippen molar-refractivity contribution in [3.63, 3.8) is 0 Å². The SMILES string of the molecule is COc1c(C(F)(F)F)ccnc1[N+](=O)[O-]. The van der Waals surface area contributed by atoms with Gasteiger partial charge in [-0.25, -0.2) is 0 Å². The Bertz CT molecular complexity index is 392. The summed E-state index contributed by atoms with van der Waals surface area (Å²) in [6, 6.07) is 0.617. The van der Waals surface area contributed by atoms with Crippen molar-refractivity contribution >= 4 is 5.82 Å². The predicted octanol–water partition coefficient (Wildman–Crippen LogP) is 2.02. The molecule has 15 heavy (non-hydrogen) atoms. The highest BCUT2D eigenvalue weighted by Gasteiger charge is 2.38. The van der Waals surface area contributed by atoms with Crippen molar-refractivity contribution in [3.8, 4) is 5.75 Å². The second kappa shape index (κ2) is 3.71. The fraction of sp³-hybridized carbons (Fsp3) is 0.286. The van der Waals surface area contributed by atoms with E-state index in [4.69, 9.17) is 0 Å². The molecule has 0 aliphatic carbocycles. The first-order chi connectivity index (χ1) is 6.88. The minimum atomic E-state index is -4.71. The maximum atomic E-state index is 12.3. The van der Waals surface area contributed by atoms with E-state index in [-0.39, 0.29) is 0 Å². The summed E-state index contributed by atoms with van der Waals surface area (Å²) in [4.78, 5) is 12.5. The Morgan fingerprint density at radius 2 is 2.13 bits per heavy atom. The number of ether oxygens (including phenoxy) is 1. The molecule has 0 aliphatic rings. The van der Waals surface area contributed by atoms with Crippen molar-refractivity contribution in [2.75, 3.05) is 7.11 Å². The first kappa shape index (κ1) is 11.2. The zero-order valence-corrected chi connectivity index (χ0v) is 7.41. The van der Waals surface area contributed by atoms with E-state index >= 15 is 0 Å². The van der Waals surface area contributed by atoms with Crippen molar-refractivity contribution in [1.82, 2.24) is 4.98 Å². The number of halogens is 3. The van der Waals surface area contributed by atoms with Crippen LogP contribution in [0.4, 0.5) is 19.0 Å². The van der Waals surface area contributed by atoms with Gasteiger partial charge in [-0.05, 0) is 16.0 Å². The molecule has 0 unspecified atom stereocenters. The monoisotopic (exact) mass is 222 g/mol. The van der Waals surface area contributed by atoms with Gasteiger partial charge in [-0.3, -0.25) is 0 Å². The second-order valence-corrected chi connectivity index (χ2v) is 2.47. The van der Waals surface area contributed by atoms with Gasteiger partial charge < -0.3 is 14.9 Å². The van der Waals surface area contributed by atoms with Gasteiger partial charge in [-0.1, -0.05) is 0 Å². The zero-order valence-electron chi connectivity index (χ0n) is 7.41. The minimum Gasteiger partial charge on any atom is -0.489 e. The number of hydrogen-bond donors (Lipinski definition) is 0. The van der Waals surface area contributed by atoms with E-state index in [2.05, 4.69) is 9.72 Å². The van der Waals surface area contributed by atoms with Crippen LogP contribution in [0, 0.1) is 10.1 Å². The molecule has 0 bridgehead atoms. The molecule has 0 aromatic carbocycles. The lowest BCUT2D eigenvalue weighted by Gasteiger charge is -2.10. The number of hydrogen-bond acceptors (Lipinski definition) is 4. The van der Waals surface area contributed by atoms with E-state index in [1.54, 1.807) is 0 Å². The molecule has 0 fully saturated rings. The first-order valence-electron chi connectivity index (χ1n) is 3.62. The molecule has 1 heterocycles. The molecular formula is C7H5F3N2O3. The molecule has 0 saturated carbocycles. The summed E-state index contributed by atoms with van der Waals surface area (Å²) in [5, 5.41) is 10.4. The summed E-state index contributed by atoms with van der Waals surface area (Å²) < 4.78 is 41.4. The van der Waals surface area contributed by atoms with Crippen LogP contribution in [0.3, 0.4) is 0 Å². The summed E-state index contributed by atoms with van der Waals surface area (Å²) >= 11 is 0. The first-order valence-corrected chi connectivity index (χ1v) is 3.62. The van der Waals surface area contributed by atoms with Crippen LogP contribution in [0.2, 0.25) is 0 Å². The highest BCUT2D eigenvalue weighted by Crippen LogP contribution is 2.39. The van der Waals surface area contributed by atoms with Gasteiger partial charge in [0, 0.05) is 0 Å². The molecular weight excluding hydrogens is 217 g/mol. The van der Waals surface area contributed by atoms with E-state index < -0.39 is 28.2 Å². The van der Waals surface area contributed by atoms with E-state index in [1.807, 2.05) is 0 Å². The van der Waals surface area contributed by atoms with Crippen molar-refractivity contribution in [2.24, 2.45) is 0 Å².